The van der Waals surface area contributed by atoms with Crippen LogP contribution in [0, 0.1) is 11.8 Å². The second kappa shape index (κ2) is 8.99. The first-order valence-electron chi connectivity index (χ1n) is 7.38. The number of nitrogens with two attached hydrogens (primary N) is 1. The molecule has 2 aliphatic rings. The molecular weight excluding hydrogens is 337 g/mol. The van der Waals surface area contributed by atoms with Crippen LogP contribution in [0.4, 0.5) is 0 Å². The van der Waals surface area contributed by atoms with Crippen LogP contribution >= 0.6 is 24.0 Å². The maximum Gasteiger partial charge on any atom is 0.188 e. The lowest BCUT2D eigenvalue weighted by molar-refractivity contribution is 0.326. The van der Waals surface area contributed by atoms with Crippen LogP contribution in [0.2, 0.25) is 0 Å². The molecule has 2 fully saturated rings. The van der Waals surface area contributed by atoms with Crippen LogP contribution in [0.3, 0.4) is 0 Å². The Bertz CT molecular complexity index is 245. The van der Waals surface area contributed by atoms with Crippen molar-refractivity contribution in [3.63, 3.8) is 0 Å². The van der Waals surface area contributed by atoms with Crippen molar-refractivity contribution in [3.8, 4) is 0 Å². The molecular formula is C14H28IN3. The molecule has 0 atom stereocenters. The Morgan fingerprint density at radius 3 is 2.33 bits per heavy atom. The zero-order chi connectivity index (χ0) is 11.9. The van der Waals surface area contributed by atoms with Gasteiger partial charge in [0.1, 0.15) is 0 Å². The first-order chi connectivity index (χ1) is 8.34. The Kier molecular flexibility index (Phi) is 8.02. The molecule has 0 unspecified atom stereocenters. The van der Waals surface area contributed by atoms with Crippen LogP contribution in [-0.2, 0) is 0 Å². The van der Waals surface area contributed by atoms with Gasteiger partial charge in [0, 0.05) is 13.1 Å². The van der Waals surface area contributed by atoms with Gasteiger partial charge in [-0.3, -0.25) is 4.99 Å². The summed E-state index contributed by atoms with van der Waals surface area (Å²) in [5.74, 6) is 2.46. The highest BCUT2D eigenvalue weighted by molar-refractivity contribution is 14.0. The summed E-state index contributed by atoms with van der Waals surface area (Å²) in [5, 5.41) is 3.24. The molecule has 0 aromatic carbocycles. The minimum absolute atomic E-state index is 0. The van der Waals surface area contributed by atoms with E-state index in [0.717, 1.165) is 24.9 Å². The summed E-state index contributed by atoms with van der Waals surface area (Å²) in [6.45, 7) is 1.93. The van der Waals surface area contributed by atoms with Crippen LogP contribution in [0.15, 0.2) is 4.99 Å². The van der Waals surface area contributed by atoms with Crippen LogP contribution in [0.5, 0.6) is 0 Å². The predicted octanol–water partition coefficient (Wildman–Crippen LogP) is 3.28. The smallest absolute Gasteiger partial charge is 0.188 e. The molecule has 0 heterocycles. The zero-order valence-corrected chi connectivity index (χ0v) is 13.7. The zero-order valence-electron chi connectivity index (χ0n) is 11.4. The summed E-state index contributed by atoms with van der Waals surface area (Å²) < 4.78 is 0. The standard InChI is InChI=1S/C14H27N3.HI/c15-14(17-11-13-7-3-8-13)16-10-4-9-12-5-1-2-6-12;/h12-13H,1-11H2,(H3,15,16,17);1H. The molecule has 3 nitrogen and oxygen atoms in total. The fourth-order valence-corrected chi connectivity index (χ4v) is 2.86. The molecule has 0 aromatic heterocycles. The van der Waals surface area contributed by atoms with Gasteiger partial charge in [-0.1, -0.05) is 32.1 Å². The van der Waals surface area contributed by atoms with E-state index in [4.69, 9.17) is 5.73 Å². The lowest BCUT2D eigenvalue weighted by Gasteiger charge is -2.23. The molecule has 2 aliphatic carbocycles. The van der Waals surface area contributed by atoms with Crippen molar-refractivity contribution in [2.75, 3.05) is 13.1 Å². The molecule has 106 valence electrons. The van der Waals surface area contributed by atoms with Gasteiger partial charge in [0.15, 0.2) is 5.96 Å². The van der Waals surface area contributed by atoms with Crippen LogP contribution in [0.25, 0.3) is 0 Å². The highest BCUT2D eigenvalue weighted by Gasteiger charge is 2.16. The molecule has 0 aromatic rings. The first kappa shape index (κ1) is 16.1. The maximum atomic E-state index is 5.83. The van der Waals surface area contributed by atoms with E-state index in [1.54, 1.807) is 0 Å². The number of guanidine groups is 1. The van der Waals surface area contributed by atoms with Gasteiger partial charge in [0.2, 0.25) is 0 Å². The predicted molar refractivity (Wildman–Crippen MR) is 88.4 cm³/mol. The van der Waals surface area contributed by atoms with Crippen molar-refractivity contribution in [2.24, 2.45) is 22.6 Å². The maximum absolute atomic E-state index is 5.83. The molecule has 0 saturated heterocycles. The molecule has 0 bridgehead atoms. The number of nitrogens with one attached hydrogen (secondary N) is 1. The number of halogens is 1. The molecule has 0 aliphatic heterocycles. The van der Waals surface area contributed by atoms with E-state index in [1.165, 1.54) is 57.8 Å². The Balaban J connectivity index is 0.00000162. The van der Waals surface area contributed by atoms with Gasteiger partial charge in [-0.05, 0) is 37.5 Å². The SMILES string of the molecule is I.NC(=NCC1CCC1)NCCCC1CCCC1. The number of aliphatic imine (C=N–C) groups is 1. The minimum atomic E-state index is 0. The number of rotatable bonds is 6. The molecule has 3 N–H and O–H groups in total. The highest BCUT2D eigenvalue weighted by Crippen LogP contribution is 2.28. The summed E-state index contributed by atoms with van der Waals surface area (Å²) in [6.07, 6.45) is 12.5. The third-order valence-corrected chi connectivity index (χ3v) is 4.31. The average molecular weight is 365 g/mol. The minimum Gasteiger partial charge on any atom is -0.370 e. The van der Waals surface area contributed by atoms with Crippen LogP contribution in [-0.4, -0.2) is 19.0 Å². The normalized spacial score (nSPS) is 21.4. The van der Waals surface area contributed by atoms with E-state index >= 15 is 0 Å². The Hall–Kier alpha value is 0. The van der Waals surface area contributed by atoms with Gasteiger partial charge < -0.3 is 11.1 Å². The fraction of sp³-hybridized carbons (Fsp3) is 0.929. The molecule has 0 amide bonds. The topological polar surface area (TPSA) is 50.4 Å². The van der Waals surface area contributed by atoms with E-state index in [0.29, 0.717) is 5.96 Å². The van der Waals surface area contributed by atoms with E-state index in [9.17, 15) is 0 Å². The number of hydrogen-bond acceptors (Lipinski definition) is 1. The second-order valence-corrected chi connectivity index (χ2v) is 5.74. The molecule has 18 heavy (non-hydrogen) atoms. The highest BCUT2D eigenvalue weighted by atomic mass is 127. The van der Waals surface area contributed by atoms with Gasteiger partial charge >= 0.3 is 0 Å². The van der Waals surface area contributed by atoms with E-state index < -0.39 is 0 Å². The monoisotopic (exact) mass is 365 g/mol. The fourth-order valence-electron chi connectivity index (χ4n) is 2.86. The van der Waals surface area contributed by atoms with Gasteiger partial charge in [-0.15, -0.1) is 24.0 Å². The van der Waals surface area contributed by atoms with Crippen molar-refractivity contribution >= 4 is 29.9 Å². The summed E-state index contributed by atoms with van der Waals surface area (Å²) in [6, 6.07) is 0. The third kappa shape index (κ3) is 5.76. The van der Waals surface area contributed by atoms with Crippen molar-refractivity contribution < 1.29 is 0 Å². The Morgan fingerprint density at radius 1 is 1.06 bits per heavy atom. The Morgan fingerprint density at radius 2 is 1.72 bits per heavy atom. The lowest BCUT2D eigenvalue weighted by atomic mass is 9.86. The largest absolute Gasteiger partial charge is 0.370 e. The van der Waals surface area contributed by atoms with Crippen LogP contribution < -0.4 is 11.1 Å². The van der Waals surface area contributed by atoms with Gasteiger partial charge in [0.25, 0.3) is 0 Å². The molecule has 4 heteroatoms. The van der Waals surface area contributed by atoms with Gasteiger partial charge in [-0.25, -0.2) is 0 Å². The number of hydrogen-bond donors (Lipinski definition) is 2. The molecule has 0 spiro atoms. The Labute approximate surface area is 128 Å². The summed E-state index contributed by atoms with van der Waals surface area (Å²) in [7, 11) is 0. The van der Waals surface area contributed by atoms with Gasteiger partial charge in [-0.2, -0.15) is 0 Å². The summed E-state index contributed by atoms with van der Waals surface area (Å²) >= 11 is 0. The average Bonchev–Trinajstić information content (AvgIpc) is 2.75. The first-order valence-corrected chi connectivity index (χ1v) is 7.38. The number of nitrogens with zero attached hydrogens (tertiary/aromatic N) is 1. The van der Waals surface area contributed by atoms with Crippen molar-refractivity contribution in [1.82, 2.24) is 5.32 Å². The molecule has 0 radical (unpaired) electrons. The summed E-state index contributed by atoms with van der Waals surface area (Å²) in [5.41, 5.74) is 5.83. The van der Waals surface area contributed by atoms with Crippen molar-refractivity contribution in [1.29, 1.82) is 0 Å². The quantitative estimate of drug-likeness (QED) is 0.329. The van der Waals surface area contributed by atoms with Crippen molar-refractivity contribution in [2.45, 2.75) is 57.8 Å². The second-order valence-electron chi connectivity index (χ2n) is 5.74. The third-order valence-electron chi connectivity index (χ3n) is 4.31. The molecule has 2 rings (SSSR count). The van der Waals surface area contributed by atoms with Crippen LogP contribution in [0.1, 0.15) is 57.8 Å². The summed E-state index contributed by atoms with van der Waals surface area (Å²) in [4.78, 5) is 4.40. The van der Waals surface area contributed by atoms with E-state index in [1.807, 2.05) is 0 Å². The van der Waals surface area contributed by atoms with Gasteiger partial charge in [0.05, 0.1) is 0 Å². The lowest BCUT2D eigenvalue weighted by Crippen LogP contribution is -2.33. The van der Waals surface area contributed by atoms with E-state index in [2.05, 4.69) is 10.3 Å². The van der Waals surface area contributed by atoms with E-state index in [-0.39, 0.29) is 24.0 Å². The molecule has 2 saturated carbocycles. The van der Waals surface area contributed by atoms with Crippen molar-refractivity contribution in [3.05, 3.63) is 0 Å².